The van der Waals surface area contributed by atoms with Gasteiger partial charge in [0.05, 0.1) is 6.04 Å². The zero-order valence-electron chi connectivity index (χ0n) is 16.1. The van der Waals surface area contributed by atoms with Crippen LogP contribution in [0, 0.1) is 17.7 Å². The molecule has 1 aromatic carbocycles. The number of benzene rings is 1. The average Bonchev–Trinajstić information content (AvgIpc) is 3.09. The molecule has 1 N–H and O–H groups in total. The van der Waals surface area contributed by atoms with E-state index in [0.29, 0.717) is 11.8 Å². The third kappa shape index (κ3) is 4.97. The average molecular weight is 362 g/mol. The fraction of sp³-hybridized carbons (Fsp3) is 0.667. The second-order valence-electron chi connectivity index (χ2n) is 8.22. The van der Waals surface area contributed by atoms with Crippen LogP contribution in [0.25, 0.3) is 0 Å². The fourth-order valence-corrected chi connectivity index (χ4v) is 4.22. The zero-order valence-corrected chi connectivity index (χ0v) is 16.1. The van der Waals surface area contributed by atoms with Crippen LogP contribution in [0.2, 0.25) is 0 Å². The van der Waals surface area contributed by atoms with E-state index >= 15 is 0 Å². The lowest BCUT2D eigenvalue weighted by Crippen LogP contribution is -2.51. The molecule has 2 aliphatic rings. The van der Waals surface area contributed by atoms with E-state index in [9.17, 15) is 9.18 Å². The van der Waals surface area contributed by atoms with Crippen LogP contribution in [0.4, 0.5) is 10.1 Å². The van der Waals surface area contributed by atoms with Gasteiger partial charge in [0.1, 0.15) is 5.82 Å². The van der Waals surface area contributed by atoms with Crippen molar-refractivity contribution in [3.63, 3.8) is 0 Å². The van der Waals surface area contributed by atoms with Gasteiger partial charge in [-0.2, -0.15) is 0 Å². The molecule has 0 unspecified atom stereocenters. The van der Waals surface area contributed by atoms with E-state index in [4.69, 9.17) is 0 Å². The van der Waals surface area contributed by atoms with Gasteiger partial charge >= 0.3 is 0 Å². The van der Waals surface area contributed by atoms with Gasteiger partial charge in [-0.1, -0.05) is 20.3 Å². The van der Waals surface area contributed by atoms with Crippen molar-refractivity contribution in [1.29, 1.82) is 0 Å². The van der Waals surface area contributed by atoms with Crippen molar-refractivity contribution < 1.29 is 9.18 Å². The van der Waals surface area contributed by atoms with Crippen molar-refractivity contribution >= 4 is 11.6 Å². The number of nitrogens with one attached hydrogen (secondary N) is 1. The summed E-state index contributed by atoms with van der Waals surface area (Å²) in [4.78, 5) is 17.4. The Bertz CT molecular complexity index is 589. The first kappa shape index (κ1) is 19.2. The molecule has 3 rings (SSSR count). The first-order valence-electron chi connectivity index (χ1n) is 10.0. The lowest BCUT2D eigenvalue weighted by molar-refractivity contribution is -0.128. The molecule has 2 atom stereocenters. The minimum Gasteiger partial charge on any atom is -0.371 e. The summed E-state index contributed by atoms with van der Waals surface area (Å²) in [5.41, 5.74) is 1.07. The zero-order chi connectivity index (χ0) is 18.5. The van der Waals surface area contributed by atoms with E-state index < -0.39 is 0 Å². The predicted molar refractivity (Wildman–Crippen MR) is 104 cm³/mol. The Balaban J connectivity index is 1.47. The SMILES string of the molecule is CC(C)CN1CCCC[C@@H]1C(=O)NC[C@H]1CCN(c2ccc(F)cc2)C1. The van der Waals surface area contributed by atoms with Gasteiger partial charge in [0.15, 0.2) is 0 Å². The Morgan fingerprint density at radius 3 is 2.69 bits per heavy atom. The maximum atomic E-state index is 13.1. The van der Waals surface area contributed by atoms with Crippen molar-refractivity contribution in [2.24, 2.45) is 11.8 Å². The molecule has 0 saturated carbocycles. The van der Waals surface area contributed by atoms with Crippen LogP contribution in [0.1, 0.15) is 39.5 Å². The van der Waals surface area contributed by atoms with Crippen LogP contribution < -0.4 is 10.2 Å². The third-order valence-electron chi connectivity index (χ3n) is 5.56. The van der Waals surface area contributed by atoms with Gasteiger partial charge in [-0.25, -0.2) is 4.39 Å². The van der Waals surface area contributed by atoms with E-state index in [1.165, 1.54) is 18.6 Å². The van der Waals surface area contributed by atoms with Gasteiger partial charge < -0.3 is 10.2 Å². The van der Waals surface area contributed by atoms with E-state index in [1.54, 1.807) is 0 Å². The van der Waals surface area contributed by atoms with Gasteiger partial charge in [0.25, 0.3) is 0 Å². The van der Waals surface area contributed by atoms with Crippen LogP contribution >= 0.6 is 0 Å². The van der Waals surface area contributed by atoms with Gasteiger partial charge in [-0.05, 0) is 61.9 Å². The first-order chi connectivity index (χ1) is 12.5. The second kappa shape index (κ2) is 8.85. The van der Waals surface area contributed by atoms with E-state index in [0.717, 1.165) is 57.7 Å². The molecule has 0 aromatic heterocycles. The summed E-state index contributed by atoms with van der Waals surface area (Å²) in [7, 11) is 0. The summed E-state index contributed by atoms with van der Waals surface area (Å²) in [6.07, 6.45) is 4.39. The lowest BCUT2D eigenvalue weighted by atomic mass is 9.99. The highest BCUT2D eigenvalue weighted by Crippen LogP contribution is 2.24. The molecule has 4 nitrogen and oxygen atoms in total. The standard InChI is InChI=1S/C21H32FN3O/c1-16(2)14-25-11-4-3-5-20(25)21(26)23-13-17-10-12-24(15-17)19-8-6-18(22)7-9-19/h6-9,16-17,20H,3-5,10-15H2,1-2H3,(H,23,26)/t17-,20-/m1/s1. The minimum absolute atomic E-state index is 0.0424. The molecule has 0 radical (unpaired) electrons. The van der Waals surface area contributed by atoms with Crippen LogP contribution in [0.3, 0.4) is 0 Å². The number of carbonyl (C=O) groups excluding carboxylic acids is 1. The van der Waals surface area contributed by atoms with Crippen molar-refractivity contribution in [3.8, 4) is 0 Å². The quantitative estimate of drug-likeness (QED) is 0.845. The number of rotatable bonds is 6. The van der Waals surface area contributed by atoms with Gasteiger partial charge in [-0.15, -0.1) is 0 Å². The highest BCUT2D eigenvalue weighted by atomic mass is 19.1. The number of hydrogen-bond acceptors (Lipinski definition) is 3. The van der Waals surface area contributed by atoms with Crippen LogP contribution in [-0.4, -0.2) is 49.6 Å². The monoisotopic (exact) mass is 361 g/mol. The summed E-state index contributed by atoms with van der Waals surface area (Å²) in [6.45, 7) is 9.10. The Morgan fingerprint density at radius 1 is 1.19 bits per heavy atom. The molecule has 26 heavy (non-hydrogen) atoms. The molecule has 2 heterocycles. The molecular formula is C21H32FN3O. The van der Waals surface area contributed by atoms with E-state index in [1.807, 2.05) is 12.1 Å². The molecule has 5 heteroatoms. The Labute approximate surface area is 156 Å². The second-order valence-corrected chi connectivity index (χ2v) is 8.22. The number of carbonyl (C=O) groups is 1. The van der Waals surface area contributed by atoms with E-state index in [2.05, 4.69) is 29.0 Å². The topological polar surface area (TPSA) is 35.6 Å². The number of nitrogens with zero attached hydrogens (tertiary/aromatic N) is 2. The largest absolute Gasteiger partial charge is 0.371 e. The molecule has 2 aliphatic heterocycles. The highest BCUT2D eigenvalue weighted by molar-refractivity contribution is 5.81. The van der Waals surface area contributed by atoms with Crippen molar-refractivity contribution in [1.82, 2.24) is 10.2 Å². The smallest absolute Gasteiger partial charge is 0.237 e. The molecule has 2 fully saturated rings. The lowest BCUT2D eigenvalue weighted by Gasteiger charge is -2.35. The summed E-state index contributed by atoms with van der Waals surface area (Å²) in [6, 6.07) is 6.73. The summed E-state index contributed by atoms with van der Waals surface area (Å²) < 4.78 is 13.1. The number of amides is 1. The van der Waals surface area contributed by atoms with Crippen LogP contribution in [-0.2, 0) is 4.79 Å². The van der Waals surface area contributed by atoms with Crippen LogP contribution in [0.15, 0.2) is 24.3 Å². The highest BCUT2D eigenvalue weighted by Gasteiger charge is 2.30. The van der Waals surface area contributed by atoms with Crippen molar-refractivity contribution in [3.05, 3.63) is 30.1 Å². The minimum atomic E-state index is -0.199. The summed E-state index contributed by atoms with van der Waals surface area (Å²) in [5, 5.41) is 3.21. The third-order valence-corrected chi connectivity index (χ3v) is 5.56. The van der Waals surface area contributed by atoms with Crippen LogP contribution in [0.5, 0.6) is 0 Å². The van der Waals surface area contributed by atoms with Crippen molar-refractivity contribution in [2.75, 3.05) is 37.6 Å². The number of hydrogen-bond donors (Lipinski definition) is 1. The molecule has 1 amide bonds. The maximum absolute atomic E-state index is 13.1. The predicted octanol–water partition coefficient (Wildman–Crippen LogP) is 3.28. The number of piperidine rings is 1. The van der Waals surface area contributed by atoms with Gasteiger partial charge in [-0.3, -0.25) is 9.69 Å². The molecule has 0 spiro atoms. The Kier molecular flexibility index (Phi) is 6.52. The fourth-order valence-electron chi connectivity index (χ4n) is 4.22. The molecular weight excluding hydrogens is 329 g/mol. The number of likely N-dealkylation sites (tertiary alicyclic amines) is 1. The Hall–Kier alpha value is -1.62. The van der Waals surface area contributed by atoms with E-state index in [-0.39, 0.29) is 17.8 Å². The molecule has 2 saturated heterocycles. The molecule has 0 bridgehead atoms. The molecule has 144 valence electrons. The van der Waals surface area contributed by atoms with Gasteiger partial charge in [0, 0.05) is 31.9 Å². The van der Waals surface area contributed by atoms with Crippen molar-refractivity contribution in [2.45, 2.75) is 45.6 Å². The molecule has 1 aromatic rings. The number of anilines is 1. The summed E-state index contributed by atoms with van der Waals surface area (Å²) in [5.74, 6) is 1.05. The normalized spacial score (nSPS) is 24.2. The first-order valence-corrected chi connectivity index (χ1v) is 10.0. The number of halogens is 1. The summed E-state index contributed by atoms with van der Waals surface area (Å²) >= 11 is 0. The maximum Gasteiger partial charge on any atom is 0.237 e. The Morgan fingerprint density at radius 2 is 1.96 bits per heavy atom. The molecule has 0 aliphatic carbocycles. The van der Waals surface area contributed by atoms with Gasteiger partial charge in [0.2, 0.25) is 5.91 Å².